The molecule has 0 unspecified atom stereocenters. The Hall–Kier alpha value is -0.770. The van der Waals surface area contributed by atoms with Crippen LogP contribution in [0.3, 0.4) is 0 Å². The van der Waals surface area contributed by atoms with E-state index in [0.29, 0.717) is 6.42 Å². The first-order valence-corrected chi connectivity index (χ1v) is 4.45. The van der Waals surface area contributed by atoms with Gasteiger partial charge in [-0.15, -0.1) is 5.11 Å². The molecule has 1 fully saturated rings. The lowest BCUT2D eigenvalue weighted by atomic mass is 10.1. The first-order valence-electron chi connectivity index (χ1n) is 4.45. The van der Waals surface area contributed by atoms with Gasteiger partial charge in [-0.3, -0.25) is 4.79 Å². The number of nitrogens with zero attached hydrogens (tertiary/aromatic N) is 2. The zero-order chi connectivity index (χ0) is 8.81. The summed E-state index contributed by atoms with van der Waals surface area (Å²) in [6.45, 7) is 2.98. The van der Waals surface area contributed by atoms with Gasteiger partial charge in [0.25, 0.3) is 5.91 Å². The highest BCUT2D eigenvalue weighted by Crippen LogP contribution is 2.08. The average Bonchev–Trinajstić information content (AvgIpc) is 2.16. The molecule has 1 aliphatic rings. The van der Waals surface area contributed by atoms with E-state index in [0.717, 1.165) is 19.6 Å². The highest BCUT2D eigenvalue weighted by Gasteiger charge is 2.10. The summed E-state index contributed by atoms with van der Waals surface area (Å²) in [5, 5.41) is 2.86. The zero-order valence-electron chi connectivity index (χ0n) is 7.25. The third-order valence-corrected chi connectivity index (χ3v) is 2.22. The summed E-state index contributed by atoms with van der Waals surface area (Å²) in [6, 6.07) is 0. The van der Waals surface area contributed by atoms with Crippen LogP contribution in [0.1, 0.15) is 25.7 Å². The van der Waals surface area contributed by atoms with Crippen LogP contribution < -0.4 is 0 Å². The topological polar surface area (TPSA) is 56.5 Å². The molecule has 4 nitrogen and oxygen atoms in total. The standard InChI is InChI=1S/C8H15N3O/c9-10-8(12)4-7-11-5-2-1-3-6-11/h9H,1-7H2. The number of nitrogens with one attached hydrogen (secondary N) is 1. The lowest BCUT2D eigenvalue weighted by Gasteiger charge is -2.25. The molecule has 1 amide bonds. The van der Waals surface area contributed by atoms with E-state index in [2.05, 4.69) is 10.0 Å². The largest absolute Gasteiger partial charge is 0.303 e. The second-order valence-corrected chi connectivity index (χ2v) is 3.16. The summed E-state index contributed by atoms with van der Waals surface area (Å²) in [5.41, 5.74) is 6.48. The second-order valence-electron chi connectivity index (χ2n) is 3.16. The summed E-state index contributed by atoms with van der Waals surface area (Å²) in [5.74, 6) is -0.305. The van der Waals surface area contributed by atoms with Crippen LogP contribution in [0.5, 0.6) is 0 Å². The molecule has 0 aromatic rings. The van der Waals surface area contributed by atoms with E-state index in [9.17, 15) is 4.79 Å². The molecule has 0 saturated carbocycles. The van der Waals surface area contributed by atoms with Crippen molar-refractivity contribution in [2.24, 2.45) is 5.11 Å². The Morgan fingerprint density at radius 2 is 2.00 bits per heavy atom. The first kappa shape index (κ1) is 9.32. The Bertz CT molecular complexity index is 164. The van der Waals surface area contributed by atoms with Gasteiger partial charge in [0, 0.05) is 13.0 Å². The summed E-state index contributed by atoms with van der Waals surface area (Å²) in [7, 11) is 0. The molecule has 1 rings (SSSR count). The molecule has 1 N–H and O–H groups in total. The van der Waals surface area contributed by atoms with E-state index in [-0.39, 0.29) is 5.91 Å². The van der Waals surface area contributed by atoms with Gasteiger partial charge in [-0.1, -0.05) is 6.42 Å². The van der Waals surface area contributed by atoms with Crippen molar-refractivity contribution in [2.45, 2.75) is 25.7 Å². The monoisotopic (exact) mass is 169 g/mol. The van der Waals surface area contributed by atoms with E-state index >= 15 is 0 Å². The molecular formula is C8H15N3O. The molecule has 4 heteroatoms. The van der Waals surface area contributed by atoms with E-state index in [4.69, 9.17) is 5.53 Å². The Kier molecular flexibility index (Phi) is 3.87. The van der Waals surface area contributed by atoms with Crippen LogP contribution in [0.4, 0.5) is 0 Å². The molecule has 68 valence electrons. The number of carbonyl (C=O) groups is 1. The zero-order valence-corrected chi connectivity index (χ0v) is 7.25. The number of rotatable bonds is 3. The van der Waals surface area contributed by atoms with Crippen molar-refractivity contribution in [1.29, 1.82) is 5.53 Å². The van der Waals surface area contributed by atoms with Crippen LogP contribution in [0.15, 0.2) is 5.11 Å². The lowest BCUT2D eigenvalue weighted by Crippen LogP contribution is -2.31. The predicted molar refractivity (Wildman–Crippen MR) is 45.1 cm³/mol. The SMILES string of the molecule is N=NC(=O)CCN1CCCCC1. The lowest BCUT2D eigenvalue weighted by molar-refractivity contribution is -0.118. The highest BCUT2D eigenvalue weighted by atomic mass is 16.1. The van der Waals surface area contributed by atoms with Crippen molar-refractivity contribution in [3.05, 3.63) is 0 Å². The van der Waals surface area contributed by atoms with Gasteiger partial charge in [0.05, 0.1) is 0 Å². The van der Waals surface area contributed by atoms with Crippen LogP contribution in [0, 0.1) is 5.53 Å². The molecule has 1 saturated heterocycles. The van der Waals surface area contributed by atoms with E-state index in [1.54, 1.807) is 0 Å². The van der Waals surface area contributed by atoms with Crippen LogP contribution >= 0.6 is 0 Å². The minimum Gasteiger partial charge on any atom is -0.303 e. The average molecular weight is 169 g/mol. The van der Waals surface area contributed by atoms with Gasteiger partial charge < -0.3 is 4.90 Å². The Morgan fingerprint density at radius 3 is 2.58 bits per heavy atom. The van der Waals surface area contributed by atoms with Gasteiger partial charge in [0.1, 0.15) is 0 Å². The molecular weight excluding hydrogens is 154 g/mol. The van der Waals surface area contributed by atoms with Crippen molar-refractivity contribution >= 4 is 5.91 Å². The van der Waals surface area contributed by atoms with Crippen LogP contribution in [-0.4, -0.2) is 30.4 Å². The van der Waals surface area contributed by atoms with Gasteiger partial charge in [-0.05, 0) is 25.9 Å². The van der Waals surface area contributed by atoms with Gasteiger partial charge >= 0.3 is 0 Å². The third kappa shape index (κ3) is 3.09. The van der Waals surface area contributed by atoms with Gasteiger partial charge in [-0.25, -0.2) is 5.53 Å². The Labute approximate surface area is 72.4 Å². The molecule has 0 aromatic carbocycles. The summed E-state index contributed by atoms with van der Waals surface area (Å²) >= 11 is 0. The maximum absolute atomic E-state index is 10.7. The van der Waals surface area contributed by atoms with Crippen molar-refractivity contribution in [2.75, 3.05) is 19.6 Å². The number of amides is 1. The number of hydrogen-bond donors (Lipinski definition) is 1. The second kappa shape index (κ2) is 4.98. The molecule has 0 spiro atoms. The van der Waals surface area contributed by atoms with Crippen LogP contribution in [0.25, 0.3) is 0 Å². The quantitative estimate of drug-likeness (QED) is 0.649. The van der Waals surface area contributed by atoms with Crippen LogP contribution in [-0.2, 0) is 4.79 Å². The summed E-state index contributed by atoms with van der Waals surface area (Å²) < 4.78 is 0. The van der Waals surface area contributed by atoms with E-state index < -0.39 is 0 Å². The minimum atomic E-state index is -0.305. The molecule has 12 heavy (non-hydrogen) atoms. The van der Waals surface area contributed by atoms with Crippen molar-refractivity contribution < 1.29 is 4.79 Å². The molecule has 0 aliphatic carbocycles. The number of piperidine rings is 1. The first-order chi connectivity index (χ1) is 5.83. The number of carbonyl (C=O) groups excluding carboxylic acids is 1. The molecule has 0 bridgehead atoms. The summed E-state index contributed by atoms with van der Waals surface area (Å²) in [4.78, 5) is 12.9. The minimum absolute atomic E-state index is 0.305. The maximum Gasteiger partial charge on any atom is 0.265 e. The van der Waals surface area contributed by atoms with E-state index in [1.807, 2.05) is 0 Å². The fourth-order valence-corrected chi connectivity index (χ4v) is 1.49. The maximum atomic E-state index is 10.7. The van der Waals surface area contributed by atoms with Crippen molar-refractivity contribution in [1.82, 2.24) is 4.90 Å². The fraction of sp³-hybridized carbons (Fsp3) is 0.875. The van der Waals surface area contributed by atoms with Gasteiger partial charge in [0.15, 0.2) is 0 Å². The van der Waals surface area contributed by atoms with Crippen molar-refractivity contribution in [3.8, 4) is 0 Å². The Morgan fingerprint density at radius 1 is 1.33 bits per heavy atom. The predicted octanol–water partition coefficient (Wildman–Crippen LogP) is 1.42. The van der Waals surface area contributed by atoms with E-state index in [1.165, 1.54) is 19.3 Å². The highest BCUT2D eigenvalue weighted by molar-refractivity contribution is 5.75. The number of hydrogen-bond acceptors (Lipinski definition) is 3. The third-order valence-electron chi connectivity index (χ3n) is 2.22. The van der Waals surface area contributed by atoms with Gasteiger partial charge in [-0.2, -0.15) is 0 Å². The van der Waals surface area contributed by atoms with Crippen LogP contribution in [0.2, 0.25) is 0 Å². The molecule has 0 atom stereocenters. The van der Waals surface area contributed by atoms with Gasteiger partial charge in [0.2, 0.25) is 0 Å². The molecule has 0 radical (unpaired) electrons. The summed E-state index contributed by atoms with van der Waals surface area (Å²) in [6.07, 6.45) is 4.20. The molecule has 1 heterocycles. The normalized spacial score (nSPS) is 19.0. The number of likely N-dealkylation sites (tertiary alicyclic amines) is 1. The smallest absolute Gasteiger partial charge is 0.265 e. The molecule has 0 aromatic heterocycles. The van der Waals surface area contributed by atoms with Crippen molar-refractivity contribution in [3.63, 3.8) is 0 Å². The Balaban J connectivity index is 2.12. The fourth-order valence-electron chi connectivity index (χ4n) is 1.49. The molecule has 1 aliphatic heterocycles.